The number of aliphatic hydroxyl groups excluding tert-OH is 5. The minimum Gasteiger partial charge on any atom is -0.394 e. The maximum atomic E-state index is 10.7. The van der Waals surface area contributed by atoms with Crippen LogP contribution >= 0.6 is 0 Å². The van der Waals surface area contributed by atoms with E-state index in [-0.39, 0.29) is 0 Å². The Bertz CT molecular complexity index is 147. The van der Waals surface area contributed by atoms with Gasteiger partial charge in [0.05, 0.1) is 13.2 Å². The van der Waals surface area contributed by atoms with Gasteiger partial charge in [0.1, 0.15) is 18.3 Å². The molecule has 5 N–H and O–H groups in total. The number of rotatable bonds is 5. The van der Waals surface area contributed by atoms with Crippen molar-refractivity contribution in [3.63, 3.8) is 0 Å². The highest BCUT2D eigenvalue weighted by atomic mass is 16.4. The first-order valence-electron chi connectivity index (χ1n) is 3.34. The van der Waals surface area contributed by atoms with E-state index in [9.17, 15) is 4.79 Å². The molecule has 6 nitrogen and oxygen atoms in total. The second kappa shape index (κ2) is 5.18. The third-order valence-electron chi connectivity index (χ3n) is 1.34. The van der Waals surface area contributed by atoms with Gasteiger partial charge in [-0.15, -0.1) is 0 Å². The average molecular weight is 180 g/mol. The Labute approximate surface area is 68.7 Å². The van der Waals surface area contributed by atoms with Crippen LogP contribution in [0.3, 0.4) is 0 Å². The van der Waals surface area contributed by atoms with E-state index in [1.807, 2.05) is 0 Å². The largest absolute Gasteiger partial charge is 0.394 e. The van der Waals surface area contributed by atoms with Crippen molar-refractivity contribution in [2.45, 2.75) is 18.3 Å². The highest BCUT2D eigenvalue weighted by molar-refractivity contribution is 5.87. The third kappa shape index (κ3) is 2.84. The van der Waals surface area contributed by atoms with Crippen LogP contribution in [0.4, 0.5) is 0 Å². The second-order valence-electron chi connectivity index (χ2n) is 2.30. The van der Waals surface area contributed by atoms with Crippen LogP contribution in [-0.2, 0) is 4.79 Å². The molecule has 0 rings (SSSR count). The van der Waals surface area contributed by atoms with Crippen molar-refractivity contribution >= 4 is 5.78 Å². The van der Waals surface area contributed by atoms with Crippen LogP contribution in [0.25, 0.3) is 0 Å². The molecule has 0 aliphatic carbocycles. The van der Waals surface area contributed by atoms with Crippen molar-refractivity contribution in [2.24, 2.45) is 0 Å². The van der Waals surface area contributed by atoms with Gasteiger partial charge in [0.25, 0.3) is 0 Å². The number of Topliss-reactive ketones (excluding diaryl/α,β-unsaturated/α-hetero) is 1. The Morgan fingerprint density at radius 3 is 1.92 bits per heavy atom. The maximum Gasteiger partial charge on any atom is 0.194 e. The number of aliphatic hydroxyl groups is 5. The highest BCUT2D eigenvalue weighted by Crippen LogP contribution is 1.98. The van der Waals surface area contributed by atoms with Gasteiger partial charge >= 0.3 is 0 Å². The van der Waals surface area contributed by atoms with Crippen molar-refractivity contribution in [1.82, 2.24) is 0 Å². The fourth-order valence-corrected chi connectivity index (χ4v) is 0.577. The maximum absolute atomic E-state index is 10.7. The van der Waals surface area contributed by atoms with Crippen molar-refractivity contribution in [3.8, 4) is 0 Å². The molecule has 0 saturated heterocycles. The van der Waals surface area contributed by atoms with Crippen molar-refractivity contribution in [2.75, 3.05) is 13.2 Å². The zero-order valence-electron chi connectivity index (χ0n) is 6.29. The van der Waals surface area contributed by atoms with Gasteiger partial charge in [0.15, 0.2) is 5.78 Å². The number of hydrogen-bond donors (Lipinski definition) is 5. The average Bonchev–Trinajstić information content (AvgIpc) is 2.12. The summed E-state index contributed by atoms with van der Waals surface area (Å²) >= 11 is 0. The summed E-state index contributed by atoms with van der Waals surface area (Å²) in [6.07, 6.45) is -5.21. The molecule has 0 bridgehead atoms. The van der Waals surface area contributed by atoms with E-state index in [1.54, 1.807) is 0 Å². The lowest BCUT2D eigenvalue weighted by Crippen LogP contribution is -2.43. The first-order valence-corrected chi connectivity index (χ1v) is 3.34. The van der Waals surface area contributed by atoms with Crippen LogP contribution in [0.5, 0.6) is 0 Å². The minimum atomic E-state index is -1.86. The molecule has 0 fully saturated rings. The topological polar surface area (TPSA) is 118 Å². The molecule has 12 heavy (non-hydrogen) atoms. The fraction of sp³-hybridized carbons (Fsp3) is 0.833. The molecule has 0 radical (unpaired) electrons. The summed E-state index contributed by atoms with van der Waals surface area (Å²) in [5.74, 6) is -1.11. The molecule has 0 heterocycles. The van der Waals surface area contributed by atoms with Gasteiger partial charge < -0.3 is 25.5 Å². The van der Waals surface area contributed by atoms with Crippen LogP contribution in [-0.4, -0.2) is 62.8 Å². The number of hydrogen-bond acceptors (Lipinski definition) is 6. The summed E-state index contributed by atoms with van der Waals surface area (Å²) in [7, 11) is 0. The summed E-state index contributed by atoms with van der Waals surface area (Å²) in [5.41, 5.74) is 0. The van der Waals surface area contributed by atoms with E-state index in [0.717, 1.165) is 0 Å². The molecule has 3 atom stereocenters. The molecule has 0 aromatic heterocycles. The Hall–Kier alpha value is -0.530. The predicted molar refractivity (Wildman–Crippen MR) is 37.2 cm³/mol. The van der Waals surface area contributed by atoms with Crippen molar-refractivity contribution < 1.29 is 30.3 Å². The SMILES string of the molecule is O=C([C@@H](O)CO)[C@H](O)[C@@H](O)CO. The predicted octanol–water partition coefficient (Wildman–Crippen LogP) is -3.38. The second-order valence-corrected chi connectivity index (χ2v) is 2.30. The molecule has 0 amide bonds. The van der Waals surface area contributed by atoms with Crippen LogP contribution < -0.4 is 0 Å². The molecule has 0 saturated carbocycles. The van der Waals surface area contributed by atoms with Gasteiger partial charge in [-0.25, -0.2) is 0 Å². The highest BCUT2D eigenvalue weighted by Gasteiger charge is 2.28. The Balaban J connectivity index is 4.09. The van der Waals surface area contributed by atoms with Gasteiger partial charge in [-0.05, 0) is 0 Å². The summed E-state index contributed by atoms with van der Waals surface area (Å²) in [5, 5.41) is 42.9. The standard InChI is InChI=1S/C6H12O6/c7-1-3(9)5(11)6(12)4(10)2-8/h3-5,7-11H,1-2H2/t3-,4-,5+/m0/s1. The lowest BCUT2D eigenvalue weighted by molar-refractivity contribution is -0.144. The third-order valence-corrected chi connectivity index (χ3v) is 1.34. The van der Waals surface area contributed by atoms with Crippen molar-refractivity contribution in [1.29, 1.82) is 0 Å². The summed E-state index contributed by atoms with van der Waals surface area (Å²) in [6, 6.07) is 0. The molecular formula is C6H12O6. The summed E-state index contributed by atoms with van der Waals surface area (Å²) < 4.78 is 0. The number of ketones is 1. The molecule has 0 aromatic rings. The van der Waals surface area contributed by atoms with Crippen molar-refractivity contribution in [3.05, 3.63) is 0 Å². The van der Waals surface area contributed by atoms with Crippen LogP contribution in [0.1, 0.15) is 0 Å². The molecule has 6 heteroatoms. The number of carbonyl (C=O) groups is 1. The van der Waals surface area contributed by atoms with Gasteiger partial charge in [0, 0.05) is 0 Å². The van der Waals surface area contributed by atoms with Gasteiger partial charge in [0.2, 0.25) is 0 Å². The van der Waals surface area contributed by atoms with Crippen LogP contribution in [0, 0.1) is 0 Å². The molecular weight excluding hydrogens is 168 g/mol. The zero-order chi connectivity index (χ0) is 9.72. The monoisotopic (exact) mass is 180 g/mol. The Kier molecular flexibility index (Phi) is 4.95. The lowest BCUT2D eigenvalue weighted by Gasteiger charge is -2.16. The van der Waals surface area contributed by atoms with Crippen LogP contribution in [0.2, 0.25) is 0 Å². The first-order chi connectivity index (χ1) is 5.54. The van der Waals surface area contributed by atoms with E-state index < -0.39 is 37.3 Å². The minimum absolute atomic E-state index is 0.787. The summed E-state index contributed by atoms with van der Waals surface area (Å²) in [6.45, 7) is -1.61. The van der Waals surface area contributed by atoms with Gasteiger partial charge in [-0.2, -0.15) is 0 Å². The molecule has 0 spiro atoms. The molecule has 0 aliphatic rings. The fourth-order valence-electron chi connectivity index (χ4n) is 0.577. The normalized spacial score (nSPS) is 18.4. The van der Waals surface area contributed by atoms with E-state index in [4.69, 9.17) is 25.5 Å². The quantitative estimate of drug-likeness (QED) is 0.301. The van der Waals surface area contributed by atoms with E-state index >= 15 is 0 Å². The van der Waals surface area contributed by atoms with Gasteiger partial charge in [-0.3, -0.25) is 4.79 Å². The lowest BCUT2D eigenvalue weighted by atomic mass is 10.1. The van der Waals surface area contributed by atoms with E-state index in [0.29, 0.717) is 0 Å². The van der Waals surface area contributed by atoms with Gasteiger partial charge in [-0.1, -0.05) is 0 Å². The Morgan fingerprint density at radius 2 is 1.58 bits per heavy atom. The van der Waals surface area contributed by atoms with E-state index in [2.05, 4.69) is 0 Å². The van der Waals surface area contributed by atoms with E-state index in [1.165, 1.54) is 0 Å². The first kappa shape index (κ1) is 11.5. The van der Waals surface area contributed by atoms with Crippen LogP contribution in [0.15, 0.2) is 0 Å². The molecule has 0 aromatic carbocycles. The zero-order valence-corrected chi connectivity index (χ0v) is 6.29. The smallest absolute Gasteiger partial charge is 0.194 e. The Morgan fingerprint density at radius 1 is 1.08 bits per heavy atom. The molecule has 0 aliphatic heterocycles. The molecule has 72 valence electrons. The number of carbonyl (C=O) groups excluding carboxylic acids is 1. The molecule has 0 unspecified atom stereocenters. The summed E-state index contributed by atoms with van der Waals surface area (Å²) in [4.78, 5) is 10.7.